The van der Waals surface area contributed by atoms with Gasteiger partial charge in [-0.15, -0.1) is 11.3 Å². The van der Waals surface area contributed by atoms with E-state index in [0.717, 1.165) is 17.5 Å². The highest BCUT2D eigenvalue weighted by molar-refractivity contribution is 7.18. The number of carbonyl (C=O) groups is 2. The van der Waals surface area contributed by atoms with Gasteiger partial charge in [-0.25, -0.2) is 0 Å². The maximum absolute atomic E-state index is 12.5. The molecule has 3 rings (SSSR count). The summed E-state index contributed by atoms with van der Waals surface area (Å²) in [5.74, 6) is 1.04. The van der Waals surface area contributed by atoms with Gasteiger partial charge in [0.05, 0.1) is 9.88 Å². The fraction of sp³-hybridized carbons (Fsp3) is 0.586. The minimum atomic E-state index is -0.363. The predicted molar refractivity (Wildman–Crippen MR) is 144 cm³/mol. The molecule has 1 aliphatic carbocycles. The zero-order valence-corrected chi connectivity index (χ0v) is 21.6. The Morgan fingerprint density at radius 1 is 0.882 bits per heavy atom. The summed E-state index contributed by atoms with van der Waals surface area (Å²) in [5, 5.41) is 7.07. The number of rotatable bonds is 17. The standard InChI is InChI=1S/C29H42N2O2S/c1-2-3-4-8-14-24(15-10-6-5-9-13-23-18-19-23)22-30-27-21-20-26(34-27)29(33)31-28(32)25-16-11-7-12-17-25/h7,11-12,16-17,20-21,23-24,30H,2-6,8-10,13-15,18-19,22H2,1H3,(H,31,32,33). The summed E-state index contributed by atoms with van der Waals surface area (Å²) < 4.78 is 0. The maximum atomic E-state index is 12.5. The van der Waals surface area contributed by atoms with Crippen molar-refractivity contribution in [1.82, 2.24) is 5.32 Å². The lowest BCUT2D eigenvalue weighted by molar-refractivity contribution is 0.0851. The molecule has 34 heavy (non-hydrogen) atoms. The number of thiophene rings is 1. The van der Waals surface area contributed by atoms with Gasteiger partial charge in [-0.3, -0.25) is 14.9 Å². The Labute approximate surface area is 209 Å². The molecule has 1 fully saturated rings. The van der Waals surface area contributed by atoms with Crippen molar-refractivity contribution < 1.29 is 9.59 Å². The van der Waals surface area contributed by atoms with Crippen LogP contribution in [0.5, 0.6) is 0 Å². The Hall–Kier alpha value is -2.14. The number of hydrogen-bond donors (Lipinski definition) is 2. The lowest BCUT2D eigenvalue weighted by Gasteiger charge is -2.18. The fourth-order valence-corrected chi connectivity index (χ4v) is 5.27. The van der Waals surface area contributed by atoms with Crippen LogP contribution in [0, 0.1) is 11.8 Å². The second-order valence-corrected chi connectivity index (χ2v) is 10.9. The van der Waals surface area contributed by atoms with Gasteiger partial charge in [0.2, 0.25) is 0 Å². The second-order valence-electron chi connectivity index (χ2n) is 9.84. The Bertz CT molecular complexity index is 860. The van der Waals surface area contributed by atoms with Crippen molar-refractivity contribution in [2.24, 2.45) is 11.8 Å². The molecule has 1 aliphatic rings. The highest BCUT2D eigenvalue weighted by atomic mass is 32.1. The number of anilines is 1. The SMILES string of the molecule is CCCCCCC(CCCCCCC1CC1)CNc1ccc(C(=O)NC(=O)c2ccccc2)s1. The third-order valence-corrected chi connectivity index (χ3v) is 7.84. The lowest BCUT2D eigenvalue weighted by atomic mass is 9.94. The van der Waals surface area contributed by atoms with Crippen molar-refractivity contribution in [2.75, 3.05) is 11.9 Å². The number of unbranched alkanes of at least 4 members (excludes halogenated alkanes) is 6. The van der Waals surface area contributed by atoms with Crippen LogP contribution in [-0.4, -0.2) is 18.4 Å². The third-order valence-electron chi connectivity index (χ3n) is 6.80. The van der Waals surface area contributed by atoms with Gasteiger partial charge in [-0.2, -0.15) is 0 Å². The summed E-state index contributed by atoms with van der Waals surface area (Å²) in [4.78, 5) is 25.3. The molecule has 1 heterocycles. The molecule has 2 aromatic rings. The first-order valence-electron chi connectivity index (χ1n) is 13.4. The van der Waals surface area contributed by atoms with E-state index in [9.17, 15) is 9.59 Å². The third kappa shape index (κ3) is 10.0. The van der Waals surface area contributed by atoms with Crippen LogP contribution in [0.1, 0.15) is 110 Å². The quantitative estimate of drug-likeness (QED) is 0.177. The molecule has 1 saturated carbocycles. The van der Waals surface area contributed by atoms with Gasteiger partial charge in [0.15, 0.2) is 0 Å². The molecule has 1 atom stereocenters. The van der Waals surface area contributed by atoms with E-state index in [2.05, 4.69) is 17.6 Å². The molecule has 2 amide bonds. The molecular weight excluding hydrogens is 440 g/mol. The molecule has 4 nitrogen and oxygen atoms in total. The summed E-state index contributed by atoms with van der Waals surface area (Å²) >= 11 is 1.42. The number of benzene rings is 1. The minimum Gasteiger partial charge on any atom is -0.377 e. The van der Waals surface area contributed by atoms with E-state index in [1.165, 1.54) is 94.8 Å². The van der Waals surface area contributed by atoms with Gasteiger partial charge >= 0.3 is 0 Å². The Balaban J connectivity index is 1.41. The van der Waals surface area contributed by atoms with Gasteiger partial charge in [0, 0.05) is 12.1 Å². The van der Waals surface area contributed by atoms with Gasteiger partial charge < -0.3 is 5.32 Å². The monoisotopic (exact) mass is 482 g/mol. The molecule has 0 saturated heterocycles. The fourth-order valence-electron chi connectivity index (χ4n) is 4.46. The highest BCUT2D eigenvalue weighted by Crippen LogP contribution is 2.34. The van der Waals surface area contributed by atoms with Crippen LogP contribution in [0.25, 0.3) is 0 Å². The molecule has 1 aromatic heterocycles. The number of carbonyl (C=O) groups excluding carboxylic acids is 2. The lowest BCUT2D eigenvalue weighted by Crippen LogP contribution is -2.29. The average molecular weight is 483 g/mol. The first kappa shape index (κ1) is 26.5. The largest absolute Gasteiger partial charge is 0.377 e. The zero-order valence-electron chi connectivity index (χ0n) is 20.8. The number of hydrogen-bond acceptors (Lipinski definition) is 4. The highest BCUT2D eigenvalue weighted by Gasteiger charge is 2.20. The van der Waals surface area contributed by atoms with Crippen LogP contribution >= 0.6 is 11.3 Å². The van der Waals surface area contributed by atoms with Crippen molar-refractivity contribution in [2.45, 2.75) is 90.4 Å². The average Bonchev–Trinajstić information content (AvgIpc) is 3.56. The van der Waals surface area contributed by atoms with Gasteiger partial charge in [0.1, 0.15) is 0 Å². The van der Waals surface area contributed by atoms with E-state index in [1.807, 2.05) is 12.1 Å². The van der Waals surface area contributed by atoms with Gasteiger partial charge in [-0.1, -0.05) is 95.8 Å². The Kier molecular flexibility index (Phi) is 11.7. The summed E-state index contributed by atoms with van der Waals surface area (Å²) in [6, 6.07) is 12.6. The molecule has 1 aromatic carbocycles. The summed E-state index contributed by atoms with van der Waals surface area (Å²) in [6.45, 7) is 3.22. The summed E-state index contributed by atoms with van der Waals surface area (Å²) in [5.41, 5.74) is 0.490. The van der Waals surface area contributed by atoms with E-state index in [4.69, 9.17) is 0 Å². The summed E-state index contributed by atoms with van der Waals surface area (Å²) in [7, 11) is 0. The normalized spacial score (nSPS) is 14.0. The van der Waals surface area contributed by atoms with E-state index in [1.54, 1.807) is 30.3 Å². The Morgan fingerprint density at radius 3 is 2.29 bits per heavy atom. The molecule has 1 unspecified atom stereocenters. The molecule has 0 aliphatic heterocycles. The molecule has 186 valence electrons. The smallest absolute Gasteiger partial charge is 0.268 e. The number of amides is 2. The van der Waals surface area contributed by atoms with E-state index in [0.29, 0.717) is 16.4 Å². The zero-order chi connectivity index (χ0) is 24.0. The maximum Gasteiger partial charge on any atom is 0.268 e. The Morgan fingerprint density at radius 2 is 1.59 bits per heavy atom. The van der Waals surface area contributed by atoms with E-state index in [-0.39, 0.29) is 11.8 Å². The van der Waals surface area contributed by atoms with Crippen molar-refractivity contribution in [3.05, 3.63) is 52.9 Å². The second kappa shape index (κ2) is 15.0. The minimum absolute atomic E-state index is 0.339. The van der Waals surface area contributed by atoms with Crippen LogP contribution in [0.2, 0.25) is 0 Å². The summed E-state index contributed by atoms with van der Waals surface area (Å²) in [6.07, 6.45) is 17.7. The van der Waals surface area contributed by atoms with Crippen molar-refractivity contribution in [1.29, 1.82) is 0 Å². The van der Waals surface area contributed by atoms with Crippen LogP contribution in [0.15, 0.2) is 42.5 Å². The first-order valence-corrected chi connectivity index (χ1v) is 14.2. The van der Waals surface area contributed by atoms with Crippen molar-refractivity contribution >= 4 is 28.2 Å². The van der Waals surface area contributed by atoms with Crippen LogP contribution in [0.3, 0.4) is 0 Å². The molecule has 0 radical (unpaired) electrons. The topological polar surface area (TPSA) is 58.2 Å². The van der Waals surface area contributed by atoms with Crippen LogP contribution in [-0.2, 0) is 0 Å². The number of nitrogens with one attached hydrogen (secondary N) is 2. The van der Waals surface area contributed by atoms with Gasteiger partial charge in [0.25, 0.3) is 11.8 Å². The van der Waals surface area contributed by atoms with Crippen molar-refractivity contribution in [3.8, 4) is 0 Å². The molecular formula is C29H42N2O2S. The number of imide groups is 1. The molecule has 2 N–H and O–H groups in total. The molecule has 0 spiro atoms. The van der Waals surface area contributed by atoms with Crippen molar-refractivity contribution in [3.63, 3.8) is 0 Å². The first-order chi connectivity index (χ1) is 16.7. The van der Waals surface area contributed by atoms with Gasteiger partial charge in [-0.05, 0) is 48.9 Å². The van der Waals surface area contributed by atoms with Crippen LogP contribution in [0.4, 0.5) is 5.00 Å². The predicted octanol–water partition coefficient (Wildman–Crippen LogP) is 8.07. The van der Waals surface area contributed by atoms with Crippen LogP contribution < -0.4 is 10.6 Å². The molecule has 5 heteroatoms. The molecule has 0 bridgehead atoms. The van der Waals surface area contributed by atoms with E-state index >= 15 is 0 Å². The van der Waals surface area contributed by atoms with E-state index < -0.39 is 0 Å².